The van der Waals surface area contributed by atoms with E-state index in [2.05, 4.69) is 70.2 Å². The molecule has 26 heavy (non-hydrogen) atoms. The zero-order valence-corrected chi connectivity index (χ0v) is 18.5. The van der Waals surface area contributed by atoms with Gasteiger partial charge in [0, 0.05) is 29.6 Å². The highest BCUT2D eigenvalue weighted by molar-refractivity contribution is 8.76. The van der Waals surface area contributed by atoms with Crippen molar-refractivity contribution in [2.24, 2.45) is 0 Å². The first kappa shape index (κ1) is 18.7. The molecular formula is C20H16Cl2S4. The summed E-state index contributed by atoms with van der Waals surface area (Å²) in [5.74, 6) is 0. The second-order valence-electron chi connectivity index (χ2n) is 5.57. The van der Waals surface area contributed by atoms with E-state index in [1.165, 1.54) is 19.6 Å². The molecule has 0 N–H and O–H groups in total. The molecule has 2 heterocycles. The summed E-state index contributed by atoms with van der Waals surface area (Å²) in [4.78, 5) is 5.18. The summed E-state index contributed by atoms with van der Waals surface area (Å²) < 4.78 is 0. The van der Waals surface area contributed by atoms with Crippen LogP contribution in [0.5, 0.6) is 0 Å². The van der Waals surface area contributed by atoms with E-state index in [0.717, 1.165) is 10.0 Å². The van der Waals surface area contributed by atoms with Gasteiger partial charge in [0.15, 0.2) is 0 Å². The topological polar surface area (TPSA) is 0 Å². The van der Waals surface area contributed by atoms with Crippen LogP contribution < -0.4 is 0 Å². The SMILES string of the molecule is Clc1ccc(SSc2ccc(Cl)cc2[SH]2C=CC=C2)c([SH]2C=CC=C2)c1. The minimum Gasteiger partial charge on any atom is -0.185 e. The highest BCUT2D eigenvalue weighted by Gasteiger charge is 2.14. The van der Waals surface area contributed by atoms with E-state index in [1.807, 2.05) is 12.1 Å². The number of rotatable bonds is 5. The van der Waals surface area contributed by atoms with E-state index in [0.29, 0.717) is 0 Å². The van der Waals surface area contributed by atoms with Crippen LogP contribution in [0.15, 0.2) is 102 Å². The summed E-state index contributed by atoms with van der Waals surface area (Å²) >= 11 is 12.5. The second-order valence-corrected chi connectivity index (χ2v) is 12.4. The summed E-state index contributed by atoms with van der Waals surface area (Å²) in [6, 6.07) is 12.4. The maximum absolute atomic E-state index is 6.26. The van der Waals surface area contributed by atoms with Crippen molar-refractivity contribution < 1.29 is 0 Å². The van der Waals surface area contributed by atoms with Gasteiger partial charge in [0.25, 0.3) is 0 Å². The van der Waals surface area contributed by atoms with Gasteiger partial charge < -0.3 is 0 Å². The molecule has 0 bridgehead atoms. The number of halogens is 2. The molecule has 0 amide bonds. The summed E-state index contributed by atoms with van der Waals surface area (Å²) in [5.41, 5.74) is 0. The van der Waals surface area contributed by atoms with Crippen LogP contribution >= 0.6 is 66.6 Å². The van der Waals surface area contributed by atoms with Crippen LogP contribution in [0.25, 0.3) is 0 Å². The molecule has 0 aliphatic carbocycles. The molecule has 2 aromatic carbocycles. The first-order valence-corrected chi connectivity index (χ1v) is 13.8. The van der Waals surface area contributed by atoms with Crippen molar-refractivity contribution in [3.05, 3.63) is 92.4 Å². The standard InChI is InChI=1S/C20H16Cl2S4/c21-15-5-7-17(19(13-15)25-9-1-2-10-25)23-24-18-8-6-16(22)14-20(18)26-11-3-4-12-26/h1-14,25-26H. The van der Waals surface area contributed by atoms with Crippen molar-refractivity contribution in [1.82, 2.24) is 0 Å². The van der Waals surface area contributed by atoms with Gasteiger partial charge in [-0.2, -0.15) is 21.8 Å². The summed E-state index contributed by atoms with van der Waals surface area (Å²) in [6.45, 7) is 0. The minimum absolute atomic E-state index is 0.398. The number of allylic oxidation sites excluding steroid dienone is 4. The van der Waals surface area contributed by atoms with Crippen molar-refractivity contribution >= 4 is 66.6 Å². The van der Waals surface area contributed by atoms with Gasteiger partial charge in [-0.25, -0.2) is 0 Å². The second kappa shape index (κ2) is 8.59. The van der Waals surface area contributed by atoms with Crippen LogP contribution in [0.2, 0.25) is 10.0 Å². The molecular weight excluding hydrogens is 439 g/mol. The van der Waals surface area contributed by atoms with E-state index in [1.54, 1.807) is 21.6 Å². The normalized spacial score (nSPS) is 17.6. The van der Waals surface area contributed by atoms with Crippen LogP contribution in [0.3, 0.4) is 0 Å². The predicted molar refractivity (Wildman–Crippen MR) is 126 cm³/mol. The summed E-state index contributed by atoms with van der Waals surface area (Å²) in [5, 5.41) is 10.6. The van der Waals surface area contributed by atoms with Gasteiger partial charge in [-0.1, -0.05) is 69.1 Å². The van der Waals surface area contributed by atoms with Crippen LogP contribution in [0.4, 0.5) is 0 Å². The Bertz CT molecular complexity index is 845. The Morgan fingerprint density at radius 3 is 1.35 bits per heavy atom. The van der Waals surface area contributed by atoms with Gasteiger partial charge in [0.05, 0.1) is 0 Å². The molecule has 0 saturated carbocycles. The summed E-state index contributed by atoms with van der Waals surface area (Å²) in [7, 11) is 2.80. The van der Waals surface area contributed by atoms with Crippen molar-refractivity contribution in [3.8, 4) is 0 Å². The van der Waals surface area contributed by atoms with E-state index < -0.39 is 21.8 Å². The average Bonchev–Trinajstić information content (AvgIpc) is 3.35. The third kappa shape index (κ3) is 4.27. The fourth-order valence-corrected chi connectivity index (χ4v) is 9.72. The minimum atomic E-state index is -0.398. The zero-order valence-electron chi connectivity index (χ0n) is 13.5. The third-order valence-corrected chi connectivity index (χ3v) is 10.9. The molecule has 0 aromatic heterocycles. The Labute approximate surface area is 177 Å². The van der Waals surface area contributed by atoms with Gasteiger partial charge in [0.1, 0.15) is 0 Å². The zero-order chi connectivity index (χ0) is 17.9. The van der Waals surface area contributed by atoms with Crippen molar-refractivity contribution in [3.63, 3.8) is 0 Å². The highest BCUT2D eigenvalue weighted by Crippen LogP contribution is 2.54. The molecule has 0 nitrogen and oxygen atoms in total. The van der Waals surface area contributed by atoms with E-state index in [9.17, 15) is 0 Å². The van der Waals surface area contributed by atoms with Gasteiger partial charge >= 0.3 is 0 Å². The van der Waals surface area contributed by atoms with E-state index in [4.69, 9.17) is 23.2 Å². The van der Waals surface area contributed by atoms with Crippen LogP contribution in [-0.4, -0.2) is 0 Å². The Hall–Kier alpha value is -0.620. The van der Waals surface area contributed by atoms with E-state index >= 15 is 0 Å². The lowest BCUT2D eigenvalue weighted by Crippen LogP contribution is -1.83. The average molecular weight is 456 g/mol. The molecule has 2 aliphatic heterocycles. The van der Waals surface area contributed by atoms with E-state index in [-0.39, 0.29) is 0 Å². The smallest absolute Gasteiger partial charge is 0.0417 e. The van der Waals surface area contributed by atoms with Crippen molar-refractivity contribution in [2.45, 2.75) is 19.6 Å². The Balaban J connectivity index is 1.60. The fourth-order valence-electron chi connectivity index (χ4n) is 2.61. The van der Waals surface area contributed by atoms with Crippen molar-refractivity contribution in [1.29, 1.82) is 0 Å². The quantitative estimate of drug-likeness (QED) is 0.342. The molecule has 0 radical (unpaired) electrons. The molecule has 0 unspecified atom stereocenters. The largest absolute Gasteiger partial charge is 0.185 e. The third-order valence-electron chi connectivity index (χ3n) is 3.83. The lowest BCUT2D eigenvalue weighted by Gasteiger charge is -2.18. The summed E-state index contributed by atoms with van der Waals surface area (Å²) in [6.07, 6.45) is 8.47. The van der Waals surface area contributed by atoms with Crippen LogP contribution in [-0.2, 0) is 0 Å². The Kier molecular flexibility index (Phi) is 6.19. The van der Waals surface area contributed by atoms with Crippen LogP contribution in [0, 0.1) is 0 Å². The lowest BCUT2D eigenvalue weighted by molar-refractivity contribution is 1.25. The molecule has 0 saturated heterocycles. The highest BCUT2D eigenvalue weighted by atomic mass is 35.5. The van der Waals surface area contributed by atoms with Gasteiger partial charge in [-0.15, -0.1) is 0 Å². The number of hydrogen-bond acceptors (Lipinski definition) is 2. The molecule has 134 valence electrons. The number of hydrogen-bond donors (Lipinski definition) is 2. The molecule has 6 heteroatoms. The molecule has 0 fully saturated rings. The van der Waals surface area contributed by atoms with Gasteiger partial charge in [-0.3, -0.25) is 0 Å². The predicted octanol–water partition coefficient (Wildman–Crippen LogP) is 8.59. The Morgan fingerprint density at radius 2 is 0.962 bits per heavy atom. The maximum Gasteiger partial charge on any atom is 0.0417 e. The monoisotopic (exact) mass is 454 g/mol. The molecule has 2 aliphatic rings. The molecule has 0 atom stereocenters. The first-order valence-electron chi connectivity index (χ1n) is 7.91. The molecule has 0 spiro atoms. The first-order chi connectivity index (χ1) is 12.7. The number of benzene rings is 2. The lowest BCUT2D eigenvalue weighted by atomic mass is 10.4. The van der Waals surface area contributed by atoms with Gasteiger partial charge in [0.2, 0.25) is 0 Å². The number of thiol groups is 2. The molecule has 4 rings (SSSR count). The van der Waals surface area contributed by atoms with Crippen LogP contribution in [0.1, 0.15) is 0 Å². The fraction of sp³-hybridized carbons (Fsp3) is 0. The molecule has 2 aromatic rings. The van der Waals surface area contributed by atoms with Gasteiger partial charge in [-0.05, 0) is 58.0 Å². The maximum atomic E-state index is 6.26. The van der Waals surface area contributed by atoms with Crippen molar-refractivity contribution in [2.75, 3.05) is 0 Å². The Morgan fingerprint density at radius 1 is 0.577 bits per heavy atom.